The lowest BCUT2D eigenvalue weighted by Crippen LogP contribution is -2.52. The van der Waals surface area contributed by atoms with Crippen LogP contribution in [0.3, 0.4) is 0 Å². The van der Waals surface area contributed by atoms with Crippen LogP contribution in [0.5, 0.6) is 5.75 Å². The second-order valence-corrected chi connectivity index (χ2v) is 7.21. The van der Waals surface area contributed by atoms with Crippen LogP contribution < -0.4 is 15.0 Å². The molecule has 0 aromatic heterocycles. The molecule has 28 heavy (non-hydrogen) atoms. The predicted octanol–water partition coefficient (Wildman–Crippen LogP) is 1.98. The molecule has 1 unspecified atom stereocenters. The fourth-order valence-corrected chi connectivity index (χ4v) is 3.67. The summed E-state index contributed by atoms with van der Waals surface area (Å²) >= 11 is 0. The third-order valence-electron chi connectivity index (χ3n) is 5.30. The van der Waals surface area contributed by atoms with Gasteiger partial charge in [-0.05, 0) is 43.5 Å². The lowest BCUT2D eigenvalue weighted by molar-refractivity contribution is 0.0168. The summed E-state index contributed by atoms with van der Waals surface area (Å²) in [6.45, 7) is 7.13. The van der Waals surface area contributed by atoms with Crippen LogP contribution in [0.25, 0.3) is 0 Å². The Labute approximate surface area is 168 Å². The van der Waals surface area contributed by atoms with Crippen molar-refractivity contribution >= 4 is 11.6 Å². The van der Waals surface area contributed by atoms with Crippen molar-refractivity contribution in [3.05, 3.63) is 24.3 Å². The standard InChI is InChI=1S/C21H34N4O3/c1-22-21(23-10-4-15-27-17-20-5-3-16-28-20)25-13-11-24(12-14-25)18-6-8-19(26-2)9-7-18/h6-9,20H,3-5,10-17H2,1-2H3,(H,22,23). The van der Waals surface area contributed by atoms with E-state index in [4.69, 9.17) is 14.2 Å². The number of methoxy groups -OCH3 is 1. The van der Waals surface area contributed by atoms with E-state index in [1.807, 2.05) is 19.2 Å². The second kappa shape index (κ2) is 11.1. The molecule has 0 spiro atoms. The molecule has 1 aromatic rings. The van der Waals surface area contributed by atoms with Gasteiger partial charge < -0.3 is 29.3 Å². The van der Waals surface area contributed by atoms with Gasteiger partial charge in [-0.3, -0.25) is 4.99 Å². The zero-order chi connectivity index (χ0) is 19.6. The summed E-state index contributed by atoms with van der Waals surface area (Å²) in [5.41, 5.74) is 1.24. The Hall–Kier alpha value is -1.99. The molecule has 2 heterocycles. The molecule has 1 aromatic carbocycles. The monoisotopic (exact) mass is 390 g/mol. The highest BCUT2D eigenvalue weighted by Gasteiger charge is 2.20. The van der Waals surface area contributed by atoms with Gasteiger partial charge in [-0.25, -0.2) is 0 Å². The van der Waals surface area contributed by atoms with E-state index in [9.17, 15) is 0 Å². The molecule has 1 atom stereocenters. The third-order valence-corrected chi connectivity index (χ3v) is 5.30. The average Bonchev–Trinajstić information content (AvgIpc) is 3.27. The molecule has 2 aliphatic rings. The number of benzene rings is 1. The highest BCUT2D eigenvalue weighted by Crippen LogP contribution is 2.20. The molecule has 0 radical (unpaired) electrons. The topological polar surface area (TPSA) is 58.6 Å². The first-order chi connectivity index (χ1) is 13.8. The van der Waals surface area contributed by atoms with Gasteiger partial charge in [-0.2, -0.15) is 0 Å². The van der Waals surface area contributed by atoms with Gasteiger partial charge in [-0.1, -0.05) is 0 Å². The molecule has 0 aliphatic carbocycles. The summed E-state index contributed by atoms with van der Waals surface area (Å²) in [5.74, 6) is 1.88. The van der Waals surface area contributed by atoms with E-state index in [-0.39, 0.29) is 0 Å². The van der Waals surface area contributed by atoms with Gasteiger partial charge in [0.25, 0.3) is 0 Å². The summed E-state index contributed by atoms with van der Waals surface area (Å²) in [7, 11) is 3.55. The van der Waals surface area contributed by atoms with Gasteiger partial charge >= 0.3 is 0 Å². The zero-order valence-electron chi connectivity index (χ0n) is 17.2. The molecule has 2 aliphatic heterocycles. The van der Waals surface area contributed by atoms with Crippen LogP contribution in [0.15, 0.2) is 29.3 Å². The normalized spacial score (nSPS) is 20.5. The molecule has 0 amide bonds. The van der Waals surface area contributed by atoms with Crippen LogP contribution in [-0.2, 0) is 9.47 Å². The number of hydrogen-bond donors (Lipinski definition) is 1. The van der Waals surface area contributed by atoms with E-state index in [1.165, 1.54) is 5.69 Å². The molecule has 0 bridgehead atoms. The molecular weight excluding hydrogens is 356 g/mol. The number of nitrogens with one attached hydrogen (secondary N) is 1. The summed E-state index contributed by atoms with van der Waals surface area (Å²) in [5, 5.41) is 3.47. The van der Waals surface area contributed by atoms with E-state index < -0.39 is 0 Å². The van der Waals surface area contributed by atoms with Crippen molar-refractivity contribution in [1.82, 2.24) is 10.2 Å². The minimum atomic E-state index is 0.308. The van der Waals surface area contributed by atoms with E-state index in [2.05, 4.69) is 32.2 Å². The van der Waals surface area contributed by atoms with E-state index in [0.29, 0.717) is 6.10 Å². The van der Waals surface area contributed by atoms with Crippen LogP contribution >= 0.6 is 0 Å². The summed E-state index contributed by atoms with van der Waals surface area (Å²) in [4.78, 5) is 9.18. The Morgan fingerprint density at radius 2 is 2.00 bits per heavy atom. The van der Waals surface area contributed by atoms with Gasteiger partial charge in [0.1, 0.15) is 5.75 Å². The lowest BCUT2D eigenvalue weighted by atomic mass is 10.2. The summed E-state index contributed by atoms with van der Waals surface area (Å²) in [6, 6.07) is 8.28. The Morgan fingerprint density at radius 1 is 1.21 bits per heavy atom. The molecule has 7 heteroatoms. The quantitative estimate of drug-likeness (QED) is 0.416. The number of ether oxygens (including phenoxy) is 3. The van der Waals surface area contributed by atoms with Crippen molar-refractivity contribution in [3.8, 4) is 5.75 Å². The molecule has 156 valence electrons. The largest absolute Gasteiger partial charge is 0.497 e. The van der Waals surface area contributed by atoms with Crippen LogP contribution in [0.1, 0.15) is 19.3 Å². The molecule has 2 saturated heterocycles. The predicted molar refractivity (Wildman–Crippen MR) is 113 cm³/mol. The zero-order valence-corrected chi connectivity index (χ0v) is 17.2. The van der Waals surface area contributed by atoms with E-state index >= 15 is 0 Å². The van der Waals surface area contributed by atoms with Crippen molar-refractivity contribution < 1.29 is 14.2 Å². The number of anilines is 1. The fourth-order valence-electron chi connectivity index (χ4n) is 3.67. The van der Waals surface area contributed by atoms with E-state index in [1.54, 1.807) is 7.11 Å². The Kier molecular flexibility index (Phi) is 8.23. The maximum Gasteiger partial charge on any atom is 0.193 e. The maximum absolute atomic E-state index is 5.72. The van der Waals surface area contributed by atoms with Crippen molar-refractivity contribution in [3.63, 3.8) is 0 Å². The minimum absolute atomic E-state index is 0.308. The first kappa shape index (κ1) is 20.7. The van der Waals surface area contributed by atoms with Gasteiger partial charge in [0.2, 0.25) is 0 Å². The SMILES string of the molecule is CN=C(NCCCOCC1CCCO1)N1CCN(c2ccc(OC)cc2)CC1. The van der Waals surface area contributed by atoms with Crippen molar-refractivity contribution in [2.75, 3.05) is 71.6 Å². The summed E-state index contributed by atoms with van der Waals surface area (Å²) in [6.07, 6.45) is 3.57. The van der Waals surface area contributed by atoms with Gasteiger partial charge in [0, 0.05) is 58.7 Å². The minimum Gasteiger partial charge on any atom is -0.497 e. The third kappa shape index (κ3) is 6.01. The van der Waals surface area contributed by atoms with Crippen LogP contribution in [0.2, 0.25) is 0 Å². The van der Waals surface area contributed by atoms with Gasteiger partial charge in [0.05, 0.1) is 19.8 Å². The molecule has 3 rings (SSSR count). The number of nitrogens with zero attached hydrogens (tertiary/aromatic N) is 3. The van der Waals surface area contributed by atoms with Crippen molar-refractivity contribution in [1.29, 1.82) is 0 Å². The van der Waals surface area contributed by atoms with E-state index in [0.717, 1.165) is 83.5 Å². The number of piperazine rings is 1. The molecule has 1 N–H and O–H groups in total. The van der Waals surface area contributed by atoms with Crippen LogP contribution in [0, 0.1) is 0 Å². The Balaban J connectivity index is 1.32. The fraction of sp³-hybridized carbons (Fsp3) is 0.667. The van der Waals surface area contributed by atoms with Crippen LogP contribution in [-0.4, -0.2) is 83.7 Å². The lowest BCUT2D eigenvalue weighted by Gasteiger charge is -2.37. The van der Waals surface area contributed by atoms with Crippen molar-refractivity contribution in [2.45, 2.75) is 25.4 Å². The molecule has 7 nitrogen and oxygen atoms in total. The summed E-state index contributed by atoms with van der Waals surface area (Å²) < 4.78 is 16.5. The highest BCUT2D eigenvalue weighted by atomic mass is 16.5. The molecule has 2 fully saturated rings. The number of guanidine groups is 1. The maximum atomic E-state index is 5.72. The number of rotatable bonds is 8. The number of hydrogen-bond acceptors (Lipinski definition) is 5. The van der Waals surface area contributed by atoms with Gasteiger partial charge in [0.15, 0.2) is 5.96 Å². The highest BCUT2D eigenvalue weighted by molar-refractivity contribution is 5.80. The van der Waals surface area contributed by atoms with Crippen LogP contribution in [0.4, 0.5) is 5.69 Å². The average molecular weight is 391 g/mol. The smallest absolute Gasteiger partial charge is 0.193 e. The first-order valence-corrected chi connectivity index (χ1v) is 10.3. The van der Waals surface area contributed by atoms with Crippen molar-refractivity contribution in [2.24, 2.45) is 4.99 Å². The molecular formula is C21H34N4O3. The van der Waals surface area contributed by atoms with Gasteiger partial charge in [-0.15, -0.1) is 0 Å². The number of aliphatic imine (C=N–C) groups is 1. The Bertz CT molecular complexity index is 594. The molecule has 0 saturated carbocycles. The Morgan fingerprint density at radius 3 is 2.64 bits per heavy atom. The second-order valence-electron chi connectivity index (χ2n) is 7.21. The first-order valence-electron chi connectivity index (χ1n) is 10.3.